The van der Waals surface area contributed by atoms with E-state index >= 15 is 0 Å². The Balaban J connectivity index is -0.00000112. The Morgan fingerprint density at radius 3 is 2.06 bits per heavy atom. The Bertz CT molecular complexity index is 356. The Kier molecular flexibility index (Phi) is 9.43. The Morgan fingerprint density at radius 1 is 1.24 bits per heavy atom. The summed E-state index contributed by atoms with van der Waals surface area (Å²) in [6.45, 7) is 3.02. The largest absolute Gasteiger partial charge is 1.00 e. The van der Waals surface area contributed by atoms with Crippen molar-refractivity contribution in [1.29, 1.82) is 0 Å². The van der Waals surface area contributed by atoms with Crippen LogP contribution in [0.4, 0.5) is 0 Å². The summed E-state index contributed by atoms with van der Waals surface area (Å²) in [5.41, 5.74) is 0. The predicted molar refractivity (Wildman–Crippen MR) is 54.3 cm³/mol. The summed E-state index contributed by atoms with van der Waals surface area (Å²) in [6, 6.07) is 0. The summed E-state index contributed by atoms with van der Waals surface area (Å²) in [7, 11) is -4.68. The Hall–Kier alpha value is -0.553. The monoisotopic (exact) mass is 262 g/mol. The molecule has 0 aromatic heterocycles. The van der Waals surface area contributed by atoms with E-state index in [1.807, 2.05) is 0 Å². The van der Waals surface area contributed by atoms with Gasteiger partial charge in [0.15, 0.2) is 5.25 Å². The first-order valence-corrected chi connectivity index (χ1v) is 6.11. The number of rotatable bonds is 6. The zero-order valence-electron chi connectivity index (χ0n) is 11.0. The maximum atomic E-state index is 11.2. The van der Waals surface area contributed by atoms with Crippen LogP contribution in [-0.2, 0) is 29.2 Å². The molecule has 9 heteroatoms. The molecule has 0 aliphatic rings. The van der Waals surface area contributed by atoms with Gasteiger partial charge in [-0.3, -0.25) is 14.1 Å². The van der Waals surface area contributed by atoms with Gasteiger partial charge in [-0.25, -0.2) is 0 Å². The molecule has 0 radical (unpaired) electrons. The normalized spacial score (nSPS) is 12.2. The fraction of sp³-hybridized carbons (Fsp3) is 0.750. The molecule has 7 nitrogen and oxygen atoms in total. The molecule has 0 aliphatic heterocycles. The molecule has 0 saturated carbocycles. The van der Waals surface area contributed by atoms with E-state index in [0.29, 0.717) is 0 Å². The summed E-state index contributed by atoms with van der Waals surface area (Å²) < 4.78 is 39.3. The molecule has 0 rings (SSSR count). The minimum Gasteiger partial charge on any atom is -1.00 e. The fourth-order valence-corrected chi connectivity index (χ4v) is 1.57. The first kappa shape index (κ1) is 18.8. The van der Waals surface area contributed by atoms with E-state index in [1.54, 1.807) is 0 Å². The van der Waals surface area contributed by atoms with E-state index in [9.17, 15) is 18.0 Å². The van der Waals surface area contributed by atoms with Crippen molar-refractivity contribution < 1.29 is 52.3 Å². The molecule has 0 saturated heterocycles. The van der Waals surface area contributed by atoms with E-state index in [-0.39, 0.29) is 33.5 Å². The maximum Gasteiger partial charge on any atom is 1.00 e. The second-order valence-electron chi connectivity index (χ2n) is 2.76. The summed E-state index contributed by atoms with van der Waals surface area (Å²) in [5, 5.41) is -1.92. The van der Waals surface area contributed by atoms with Gasteiger partial charge in [-0.2, -0.15) is 8.42 Å². The maximum absolute atomic E-state index is 11.2. The Labute approximate surface area is 113 Å². The summed E-state index contributed by atoms with van der Waals surface area (Å²) in [5.74, 6) is -2.06. The third-order valence-electron chi connectivity index (χ3n) is 1.57. The molecule has 96 valence electrons. The standard InChI is InChI=1S/C8H14O7S.Li.H/c1-3-14-7(9)5-6(16(11,12)13)8(10)15-4-2;;/h6H,3-5H2,1-2H3,(H,11,12,13);;/q;+1;-1. The average Bonchev–Trinajstić information content (AvgIpc) is 2.13. The number of hydrogen-bond donors (Lipinski definition) is 1. The van der Waals surface area contributed by atoms with E-state index in [2.05, 4.69) is 9.47 Å². The van der Waals surface area contributed by atoms with E-state index < -0.39 is 33.7 Å². The van der Waals surface area contributed by atoms with Crippen LogP contribution in [0.2, 0.25) is 0 Å². The number of carbonyl (C=O) groups excluding carboxylic acids is 2. The molecule has 0 fully saturated rings. The van der Waals surface area contributed by atoms with Crippen LogP contribution in [0, 0.1) is 0 Å². The topological polar surface area (TPSA) is 107 Å². The number of carbonyl (C=O) groups is 2. The predicted octanol–water partition coefficient (Wildman–Crippen LogP) is -3.12. The number of esters is 2. The van der Waals surface area contributed by atoms with Gasteiger partial charge in [0.2, 0.25) is 0 Å². The van der Waals surface area contributed by atoms with Crippen LogP contribution in [0.5, 0.6) is 0 Å². The number of ether oxygens (including phenoxy) is 2. The van der Waals surface area contributed by atoms with Gasteiger partial charge in [0.1, 0.15) is 0 Å². The van der Waals surface area contributed by atoms with Gasteiger partial charge in [-0.15, -0.1) is 0 Å². The summed E-state index contributed by atoms with van der Waals surface area (Å²) in [6.07, 6.45) is -0.758. The van der Waals surface area contributed by atoms with Crippen LogP contribution in [-0.4, -0.2) is 43.4 Å². The van der Waals surface area contributed by atoms with Gasteiger partial charge in [0.05, 0.1) is 19.6 Å². The molecule has 0 spiro atoms. The van der Waals surface area contributed by atoms with Crippen LogP contribution >= 0.6 is 0 Å². The van der Waals surface area contributed by atoms with Crippen LogP contribution in [0.15, 0.2) is 0 Å². The second-order valence-corrected chi connectivity index (χ2v) is 4.36. The van der Waals surface area contributed by atoms with Crippen molar-refractivity contribution in [1.82, 2.24) is 0 Å². The molecule has 17 heavy (non-hydrogen) atoms. The van der Waals surface area contributed by atoms with Gasteiger partial charge < -0.3 is 10.9 Å². The van der Waals surface area contributed by atoms with Crippen molar-refractivity contribution in [2.24, 2.45) is 0 Å². The zero-order valence-corrected chi connectivity index (χ0v) is 10.8. The molecule has 1 unspecified atom stereocenters. The van der Waals surface area contributed by atoms with Gasteiger partial charge in [-0.1, -0.05) is 0 Å². The third-order valence-corrected chi connectivity index (χ3v) is 2.64. The summed E-state index contributed by atoms with van der Waals surface area (Å²) >= 11 is 0. The van der Waals surface area contributed by atoms with Gasteiger partial charge in [-0.05, 0) is 13.8 Å². The van der Waals surface area contributed by atoms with Crippen LogP contribution in [0.25, 0.3) is 0 Å². The molecular weight excluding hydrogens is 247 g/mol. The molecular formula is C8H15LiO7S. The fourth-order valence-electron chi connectivity index (χ4n) is 0.917. The molecule has 0 aromatic carbocycles. The van der Waals surface area contributed by atoms with Gasteiger partial charge in [0, 0.05) is 0 Å². The van der Waals surface area contributed by atoms with Gasteiger partial charge in [0.25, 0.3) is 10.1 Å². The second kappa shape index (κ2) is 8.53. The minimum atomic E-state index is -4.68. The molecule has 1 N–H and O–H groups in total. The first-order chi connectivity index (χ1) is 7.32. The van der Waals surface area contributed by atoms with Crippen molar-refractivity contribution in [3.63, 3.8) is 0 Å². The van der Waals surface area contributed by atoms with Crippen molar-refractivity contribution >= 4 is 22.1 Å². The van der Waals surface area contributed by atoms with E-state index in [0.717, 1.165) is 0 Å². The van der Waals surface area contributed by atoms with Crippen LogP contribution in [0.3, 0.4) is 0 Å². The smallest absolute Gasteiger partial charge is 1.00 e. The molecule has 0 heterocycles. The molecule has 1 atom stereocenters. The van der Waals surface area contributed by atoms with Crippen LogP contribution in [0.1, 0.15) is 21.7 Å². The summed E-state index contributed by atoms with van der Waals surface area (Å²) in [4.78, 5) is 22.2. The zero-order chi connectivity index (χ0) is 12.8. The van der Waals surface area contributed by atoms with E-state index in [4.69, 9.17) is 4.55 Å². The van der Waals surface area contributed by atoms with Crippen molar-refractivity contribution in [3.8, 4) is 0 Å². The quantitative estimate of drug-likeness (QED) is 0.306. The van der Waals surface area contributed by atoms with Gasteiger partial charge >= 0.3 is 30.8 Å². The molecule has 0 bridgehead atoms. The van der Waals surface area contributed by atoms with Crippen molar-refractivity contribution in [2.75, 3.05) is 13.2 Å². The third kappa shape index (κ3) is 7.39. The molecule has 0 aliphatic carbocycles. The molecule has 0 amide bonds. The SMILES string of the molecule is CCOC(=O)CC(C(=O)OCC)S(=O)(=O)O.[H-].[Li+]. The van der Waals surface area contributed by atoms with Crippen molar-refractivity contribution in [3.05, 3.63) is 0 Å². The van der Waals surface area contributed by atoms with E-state index in [1.165, 1.54) is 13.8 Å². The molecule has 0 aromatic rings. The van der Waals surface area contributed by atoms with Crippen molar-refractivity contribution in [2.45, 2.75) is 25.5 Å². The first-order valence-electron chi connectivity index (χ1n) is 4.61. The Morgan fingerprint density at radius 2 is 1.71 bits per heavy atom. The number of hydrogen-bond acceptors (Lipinski definition) is 6. The minimum absolute atomic E-state index is 0. The van der Waals surface area contributed by atoms with Crippen LogP contribution < -0.4 is 18.9 Å². The average molecular weight is 262 g/mol.